The Hall–Kier alpha value is -1.12. The highest BCUT2D eigenvalue weighted by molar-refractivity contribution is 9.10. The molecule has 2 aromatic rings. The number of amides is 1. The number of sulfonamides is 1. The Labute approximate surface area is 189 Å². The lowest BCUT2D eigenvalue weighted by Gasteiger charge is -2.31. The van der Waals surface area contributed by atoms with Crippen LogP contribution in [0.2, 0.25) is 10.0 Å². The second-order valence-electron chi connectivity index (χ2n) is 7.04. The van der Waals surface area contributed by atoms with Gasteiger partial charge in [0, 0.05) is 28.5 Å². The first-order chi connectivity index (χ1) is 13.7. The fourth-order valence-electron chi connectivity index (χ4n) is 3.36. The summed E-state index contributed by atoms with van der Waals surface area (Å²) in [7, 11) is -3.76. The molecule has 9 heteroatoms. The third kappa shape index (κ3) is 5.33. The molecule has 3 rings (SSSR count). The third-order valence-corrected chi connectivity index (χ3v) is 8.15. The van der Waals surface area contributed by atoms with E-state index >= 15 is 0 Å². The SMILES string of the molecule is C[C@@H](NC(=O)C1CCN(S(=O)(=O)c2cc(Cl)ccc2Cl)CC1)c1cccc(Br)c1. The van der Waals surface area contributed by atoms with Crippen molar-refractivity contribution in [2.45, 2.75) is 30.7 Å². The van der Waals surface area contributed by atoms with Crippen molar-refractivity contribution in [1.82, 2.24) is 9.62 Å². The quantitative estimate of drug-likeness (QED) is 0.602. The summed E-state index contributed by atoms with van der Waals surface area (Å²) in [5, 5.41) is 3.47. The number of carbonyl (C=O) groups is 1. The molecule has 0 bridgehead atoms. The molecule has 1 saturated heterocycles. The van der Waals surface area contributed by atoms with Gasteiger partial charge in [0.05, 0.1) is 11.1 Å². The van der Waals surface area contributed by atoms with E-state index in [1.807, 2.05) is 31.2 Å². The fourth-order valence-corrected chi connectivity index (χ4v) is 5.99. The number of piperidine rings is 1. The van der Waals surface area contributed by atoms with Crippen LogP contribution in [0.5, 0.6) is 0 Å². The molecule has 0 saturated carbocycles. The predicted octanol–water partition coefficient (Wildman–Crippen LogP) is 5.03. The van der Waals surface area contributed by atoms with E-state index in [9.17, 15) is 13.2 Å². The zero-order valence-corrected chi connectivity index (χ0v) is 19.7. The Balaban J connectivity index is 1.62. The van der Waals surface area contributed by atoms with Gasteiger partial charge in [0.2, 0.25) is 15.9 Å². The lowest BCUT2D eigenvalue weighted by atomic mass is 9.96. The summed E-state index contributed by atoms with van der Waals surface area (Å²) in [6, 6.07) is 12.0. The highest BCUT2D eigenvalue weighted by atomic mass is 79.9. The fraction of sp³-hybridized carbons (Fsp3) is 0.350. The number of hydrogen-bond donors (Lipinski definition) is 1. The van der Waals surface area contributed by atoms with Crippen LogP contribution in [0, 0.1) is 5.92 Å². The molecule has 156 valence electrons. The molecule has 0 spiro atoms. The van der Waals surface area contributed by atoms with Gasteiger partial charge < -0.3 is 5.32 Å². The Kier molecular flexibility index (Phi) is 7.27. The van der Waals surface area contributed by atoms with E-state index in [1.54, 1.807) is 6.07 Å². The molecule has 0 radical (unpaired) electrons. The number of nitrogens with one attached hydrogen (secondary N) is 1. The first-order valence-corrected chi connectivity index (χ1v) is 12.2. The minimum absolute atomic E-state index is 0.00200. The molecule has 0 aliphatic carbocycles. The highest BCUT2D eigenvalue weighted by Gasteiger charge is 2.33. The van der Waals surface area contributed by atoms with E-state index in [2.05, 4.69) is 21.2 Å². The lowest BCUT2D eigenvalue weighted by Crippen LogP contribution is -2.43. The molecule has 1 aliphatic heterocycles. The van der Waals surface area contributed by atoms with Crippen LogP contribution in [-0.4, -0.2) is 31.7 Å². The van der Waals surface area contributed by atoms with Crippen LogP contribution in [0.1, 0.15) is 31.4 Å². The Morgan fingerprint density at radius 1 is 1.17 bits per heavy atom. The summed E-state index contributed by atoms with van der Waals surface area (Å²) >= 11 is 15.4. The van der Waals surface area contributed by atoms with Crippen LogP contribution in [0.4, 0.5) is 0 Å². The van der Waals surface area contributed by atoms with E-state index < -0.39 is 10.0 Å². The van der Waals surface area contributed by atoms with E-state index in [-0.39, 0.29) is 40.9 Å². The zero-order chi connectivity index (χ0) is 21.2. The molecule has 2 aromatic carbocycles. The normalized spacial score (nSPS) is 17.1. The van der Waals surface area contributed by atoms with Crippen LogP contribution >= 0.6 is 39.1 Å². The molecule has 0 aromatic heterocycles. The zero-order valence-electron chi connectivity index (χ0n) is 15.7. The number of halogens is 3. The smallest absolute Gasteiger partial charge is 0.244 e. The van der Waals surface area contributed by atoms with Crippen molar-refractivity contribution in [3.05, 3.63) is 62.5 Å². The number of nitrogens with zero attached hydrogens (tertiary/aromatic N) is 1. The number of benzene rings is 2. The van der Waals surface area contributed by atoms with Gasteiger partial charge in [-0.1, -0.05) is 51.3 Å². The van der Waals surface area contributed by atoms with Gasteiger partial charge in [0.15, 0.2) is 0 Å². The second kappa shape index (κ2) is 9.35. The highest BCUT2D eigenvalue weighted by Crippen LogP contribution is 2.30. The summed E-state index contributed by atoms with van der Waals surface area (Å²) in [5.74, 6) is -0.291. The molecule has 1 amide bonds. The average molecular weight is 520 g/mol. The average Bonchev–Trinajstić information content (AvgIpc) is 2.69. The second-order valence-corrected chi connectivity index (χ2v) is 10.7. The number of carbonyl (C=O) groups excluding carboxylic acids is 1. The molecule has 1 aliphatic rings. The molecule has 0 unspecified atom stereocenters. The summed E-state index contributed by atoms with van der Waals surface area (Å²) in [4.78, 5) is 12.7. The van der Waals surface area contributed by atoms with Crippen molar-refractivity contribution < 1.29 is 13.2 Å². The van der Waals surface area contributed by atoms with E-state index in [0.717, 1.165) is 10.0 Å². The molecular formula is C20H21BrCl2N2O3S. The maximum atomic E-state index is 12.9. The van der Waals surface area contributed by atoms with Crippen molar-refractivity contribution in [3.63, 3.8) is 0 Å². The van der Waals surface area contributed by atoms with Crippen molar-refractivity contribution in [3.8, 4) is 0 Å². The van der Waals surface area contributed by atoms with Crippen molar-refractivity contribution in [2.24, 2.45) is 5.92 Å². The van der Waals surface area contributed by atoms with Crippen molar-refractivity contribution in [1.29, 1.82) is 0 Å². The van der Waals surface area contributed by atoms with Gasteiger partial charge in [0.1, 0.15) is 4.90 Å². The van der Waals surface area contributed by atoms with Gasteiger partial charge in [-0.25, -0.2) is 8.42 Å². The minimum Gasteiger partial charge on any atom is -0.349 e. The molecule has 1 heterocycles. The lowest BCUT2D eigenvalue weighted by molar-refractivity contribution is -0.126. The minimum atomic E-state index is -3.76. The first-order valence-electron chi connectivity index (χ1n) is 9.19. The van der Waals surface area contributed by atoms with E-state index in [4.69, 9.17) is 23.2 Å². The molecular weight excluding hydrogens is 499 g/mol. The van der Waals surface area contributed by atoms with E-state index in [0.29, 0.717) is 17.9 Å². The summed E-state index contributed by atoms with van der Waals surface area (Å²) in [6.07, 6.45) is 0.906. The maximum Gasteiger partial charge on any atom is 0.244 e. The summed E-state index contributed by atoms with van der Waals surface area (Å²) < 4.78 is 28.1. The Morgan fingerprint density at radius 3 is 2.52 bits per heavy atom. The Bertz CT molecular complexity index is 1010. The molecule has 5 nitrogen and oxygen atoms in total. The van der Waals surface area contributed by atoms with Gasteiger partial charge in [-0.2, -0.15) is 4.31 Å². The summed E-state index contributed by atoms with van der Waals surface area (Å²) in [6.45, 7) is 2.45. The van der Waals surface area contributed by atoms with E-state index in [1.165, 1.54) is 16.4 Å². The van der Waals surface area contributed by atoms with Gasteiger partial charge in [-0.15, -0.1) is 0 Å². The van der Waals surface area contributed by atoms with Gasteiger partial charge in [0.25, 0.3) is 0 Å². The molecule has 1 N–H and O–H groups in total. The topological polar surface area (TPSA) is 66.5 Å². The third-order valence-electron chi connectivity index (χ3n) is 5.04. The molecule has 1 atom stereocenters. The number of rotatable bonds is 5. The van der Waals surface area contributed by atoms with Crippen LogP contribution in [0.15, 0.2) is 51.8 Å². The number of hydrogen-bond acceptors (Lipinski definition) is 3. The first kappa shape index (κ1) is 22.6. The van der Waals surface area contributed by atoms with Crippen molar-refractivity contribution in [2.75, 3.05) is 13.1 Å². The Morgan fingerprint density at radius 2 is 1.86 bits per heavy atom. The molecule has 1 fully saturated rings. The van der Waals surface area contributed by atoms with Crippen LogP contribution in [-0.2, 0) is 14.8 Å². The van der Waals surface area contributed by atoms with Gasteiger partial charge >= 0.3 is 0 Å². The van der Waals surface area contributed by atoms with Gasteiger partial charge in [-0.3, -0.25) is 4.79 Å². The standard InChI is InChI=1S/C20H21BrCl2N2O3S/c1-13(15-3-2-4-16(21)11-15)24-20(26)14-7-9-25(10-8-14)29(27,28)19-12-17(22)5-6-18(19)23/h2-6,11-14H,7-10H2,1H3,(H,24,26)/t13-/m1/s1. The largest absolute Gasteiger partial charge is 0.349 e. The molecule has 29 heavy (non-hydrogen) atoms. The summed E-state index contributed by atoms with van der Waals surface area (Å²) in [5.41, 5.74) is 1.00. The monoisotopic (exact) mass is 518 g/mol. The maximum absolute atomic E-state index is 12.9. The van der Waals surface area contributed by atoms with Crippen LogP contribution in [0.25, 0.3) is 0 Å². The van der Waals surface area contributed by atoms with Gasteiger partial charge in [-0.05, 0) is 55.7 Å². The van der Waals surface area contributed by atoms with Crippen LogP contribution < -0.4 is 5.32 Å². The van der Waals surface area contributed by atoms with Crippen molar-refractivity contribution >= 4 is 55.1 Å². The van der Waals surface area contributed by atoms with Crippen LogP contribution in [0.3, 0.4) is 0 Å². The predicted molar refractivity (Wildman–Crippen MR) is 119 cm³/mol.